The van der Waals surface area contributed by atoms with Crippen molar-refractivity contribution in [1.29, 1.82) is 0 Å². The van der Waals surface area contributed by atoms with Crippen molar-refractivity contribution in [2.45, 2.75) is 13.8 Å². The van der Waals surface area contributed by atoms with Crippen LogP contribution in [-0.4, -0.2) is 12.0 Å². The Bertz CT molecular complexity index is 126. The molecular formula is C6H12N2O. The zero-order valence-corrected chi connectivity index (χ0v) is 6.01. The average molecular weight is 128 g/mol. The molecule has 0 bridgehead atoms. The Balaban J connectivity index is 0.000000291. The van der Waals surface area contributed by atoms with E-state index in [9.17, 15) is 0 Å². The van der Waals surface area contributed by atoms with Gasteiger partial charge in [-0.05, 0) is 0 Å². The van der Waals surface area contributed by atoms with E-state index in [4.69, 9.17) is 4.42 Å². The van der Waals surface area contributed by atoms with Crippen molar-refractivity contribution in [3.05, 3.63) is 12.5 Å². The Labute approximate surface area is 55.1 Å². The minimum atomic E-state index is 0.556. The molecule has 1 rings (SSSR count). The minimum absolute atomic E-state index is 0.556. The standard InChI is InChI=1S/C4H6N2O.C2H6/c1-5-4-6-2-3-7-4;1-2/h2-3H,1H3,(H,5,6);1-2H3. The molecule has 52 valence electrons. The fourth-order valence-corrected chi connectivity index (χ4v) is 0.347. The SMILES string of the molecule is CC.CNc1ncco1. The van der Waals surface area contributed by atoms with Gasteiger partial charge >= 0.3 is 0 Å². The van der Waals surface area contributed by atoms with Crippen LogP contribution < -0.4 is 5.32 Å². The summed E-state index contributed by atoms with van der Waals surface area (Å²) in [5.41, 5.74) is 0. The van der Waals surface area contributed by atoms with Crippen LogP contribution in [-0.2, 0) is 0 Å². The van der Waals surface area contributed by atoms with E-state index in [-0.39, 0.29) is 0 Å². The maximum absolute atomic E-state index is 4.76. The lowest BCUT2D eigenvalue weighted by atomic mass is 11.0. The number of nitrogens with one attached hydrogen (secondary N) is 1. The van der Waals surface area contributed by atoms with E-state index in [1.807, 2.05) is 13.8 Å². The molecule has 0 spiro atoms. The van der Waals surface area contributed by atoms with Gasteiger partial charge in [-0.2, -0.15) is 0 Å². The number of nitrogens with zero attached hydrogens (tertiary/aromatic N) is 1. The molecule has 0 amide bonds. The van der Waals surface area contributed by atoms with E-state index >= 15 is 0 Å². The van der Waals surface area contributed by atoms with E-state index in [1.165, 1.54) is 6.26 Å². The predicted octanol–water partition coefficient (Wildman–Crippen LogP) is 1.74. The van der Waals surface area contributed by atoms with Crippen LogP contribution in [0.4, 0.5) is 6.01 Å². The van der Waals surface area contributed by atoms with Crippen molar-refractivity contribution in [3.8, 4) is 0 Å². The summed E-state index contributed by atoms with van der Waals surface area (Å²) in [4.78, 5) is 3.76. The molecule has 3 nitrogen and oxygen atoms in total. The van der Waals surface area contributed by atoms with Gasteiger partial charge in [-0.1, -0.05) is 13.8 Å². The number of oxazole rings is 1. The molecule has 1 aromatic rings. The van der Waals surface area contributed by atoms with Crippen LogP contribution in [0.5, 0.6) is 0 Å². The van der Waals surface area contributed by atoms with Gasteiger partial charge in [-0.15, -0.1) is 0 Å². The maximum atomic E-state index is 4.76. The summed E-state index contributed by atoms with van der Waals surface area (Å²) >= 11 is 0. The van der Waals surface area contributed by atoms with Gasteiger partial charge in [0, 0.05) is 7.05 Å². The van der Waals surface area contributed by atoms with E-state index in [0.29, 0.717) is 6.01 Å². The van der Waals surface area contributed by atoms with Gasteiger partial charge in [0.15, 0.2) is 0 Å². The first-order valence-electron chi connectivity index (χ1n) is 3.00. The van der Waals surface area contributed by atoms with Crippen LogP contribution in [0.1, 0.15) is 13.8 Å². The third kappa shape index (κ3) is 2.74. The topological polar surface area (TPSA) is 38.1 Å². The van der Waals surface area contributed by atoms with Crippen molar-refractivity contribution >= 4 is 6.01 Å². The van der Waals surface area contributed by atoms with E-state index in [0.717, 1.165) is 0 Å². The summed E-state index contributed by atoms with van der Waals surface area (Å²) in [6.45, 7) is 4.00. The van der Waals surface area contributed by atoms with Crippen LogP contribution >= 0.6 is 0 Å². The van der Waals surface area contributed by atoms with Gasteiger partial charge in [0.25, 0.3) is 6.01 Å². The number of anilines is 1. The summed E-state index contributed by atoms with van der Waals surface area (Å²) < 4.78 is 4.76. The molecule has 0 aliphatic rings. The van der Waals surface area contributed by atoms with Crippen LogP contribution in [0.3, 0.4) is 0 Å². The van der Waals surface area contributed by atoms with Crippen molar-refractivity contribution in [1.82, 2.24) is 4.98 Å². The van der Waals surface area contributed by atoms with Crippen molar-refractivity contribution in [2.24, 2.45) is 0 Å². The molecular weight excluding hydrogens is 116 g/mol. The summed E-state index contributed by atoms with van der Waals surface area (Å²) in [5, 5.41) is 2.73. The number of aromatic nitrogens is 1. The Hall–Kier alpha value is -0.990. The van der Waals surface area contributed by atoms with Crippen molar-refractivity contribution in [3.63, 3.8) is 0 Å². The first-order chi connectivity index (χ1) is 4.43. The highest BCUT2D eigenvalue weighted by Gasteiger charge is 1.84. The van der Waals surface area contributed by atoms with E-state index in [2.05, 4.69) is 10.3 Å². The van der Waals surface area contributed by atoms with E-state index < -0.39 is 0 Å². The second-order valence-electron chi connectivity index (χ2n) is 1.09. The zero-order valence-electron chi connectivity index (χ0n) is 6.01. The Kier molecular flexibility index (Phi) is 4.59. The van der Waals surface area contributed by atoms with Crippen molar-refractivity contribution in [2.75, 3.05) is 12.4 Å². The predicted molar refractivity (Wildman–Crippen MR) is 37.4 cm³/mol. The monoisotopic (exact) mass is 128 g/mol. The molecule has 0 fully saturated rings. The van der Waals surface area contributed by atoms with Gasteiger partial charge < -0.3 is 9.73 Å². The maximum Gasteiger partial charge on any atom is 0.294 e. The first kappa shape index (κ1) is 8.01. The second-order valence-corrected chi connectivity index (χ2v) is 1.09. The zero-order chi connectivity index (χ0) is 7.11. The van der Waals surface area contributed by atoms with Crippen LogP contribution in [0.15, 0.2) is 16.9 Å². The molecule has 0 saturated carbocycles. The largest absolute Gasteiger partial charge is 0.432 e. The lowest BCUT2D eigenvalue weighted by molar-refractivity contribution is 0.575. The number of rotatable bonds is 1. The Morgan fingerprint density at radius 1 is 1.56 bits per heavy atom. The quantitative estimate of drug-likeness (QED) is 0.626. The molecule has 1 N–H and O–H groups in total. The molecule has 3 heteroatoms. The fraction of sp³-hybridized carbons (Fsp3) is 0.500. The van der Waals surface area contributed by atoms with Gasteiger partial charge in [0.1, 0.15) is 6.26 Å². The third-order valence-corrected chi connectivity index (χ3v) is 0.646. The summed E-state index contributed by atoms with van der Waals surface area (Å²) in [6, 6.07) is 0.556. The average Bonchev–Trinajstić information content (AvgIpc) is 2.43. The molecule has 0 unspecified atom stereocenters. The van der Waals surface area contributed by atoms with E-state index in [1.54, 1.807) is 13.2 Å². The minimum Gasteiger partial charge on any atom is -0.432 e. The summed E-state index contributed by atoms with van der Waals surface area (Å²) in [6.07, 6.45) is 3.11. The lowest BCUT2D eigenvalue weighted by Crippen LogP contribution is -1.84. The van der Waals surface area contributed by atoms with Gasteiger partial charge in [0.2, 0.25) is 0 Å². The molecule has 0 aliphatic carbocycles. The number of hydrogen-bond acceptors (Lipinski definition) is 3. The molecule has 1 heterocycles. The molecule has 0 atom stereocenters. The molecule has 0 radical (unpaired) electrons. The molecule has 9 heavy (non-hydrogen) atoms. The van der Waals surface area contributed by atoms with Crippen LogP contribution in [0.25, 0.3) is 0 Å². The molecule has 0 aliphatic heterocycles. The van der Waals surface area contributed by atoms with Gasteiger partial charge in [0.05, 0.1) is 6.20 Å². The Morgan fingerprint density at radius 2 is 2.22 bits per heavy atom. The summed E-state index contributed by atoms with van der Waals surface area (Å²) in [7, 11) is 1.76. The summed E-state index contributed by atoms with van der Waals surface area (Å²) in [5.74, 6) is 0. The normalized spacial score (nSPS) is 7.44. The van der Waals surface area contributed by atoms with Crippen LogP contribution in [0.2, 0.25) is 0 Å². The smallest absolute Gasteiger partial charge is 0.294 e. The molecule has 0 aromatic carbocycles. The van der Waals surface area contributed by atoms with Gasteiger partial charge in [-0.3, -0.25) is 0 Å². The molecule has 0 saturated heterocycles. The third-order valence-electron chi connectivity index (χ3n) is 0.646. The highest BCUT2D eigenvalue weighted by molar-refractivity contribution is 5.14. The van der Waals surface area contributed by atoms with Crippen molar-refractivity contribution < 1.29 is 4.42 Å². The fourth-order valence-electron chi connectivity index (χ4n) is 0.347. The lowest BCUT2D eigenvalue weighted by Gasteiger charge is -1.83. The Morgan fingerprint density at radius 3 is 2.44 bits per heavy atom. The second kappa shape index (κ2) is 5.15. The highest BCUT2D eigenvalue weighted by Crippen LogP contribution is 1.96. The first-order valence-corrected chi connectivity index (χ1v) is 3.00. The van der Waals surface area contributed by atoms with Gasteiger partial charge in [-0.25, -0.2) is 4.98 Å². The highest BCUT2D eigenvalue weighted by atomic mass is 16.4. The molecule has 1 aromatic heterocycles. The number of hydrogen-bond donors (Lipinski definition) is 1. The van der Waals surface area contributed by atoms with Crippen LogP contribution in [0, 0.1) is 0 Å².